The van der Waals surface area contributed by atoms with Gasteiger partial charge in [-0.1, -0.05) is 57.0 Å². The van der Waals surface area contributed by atoms with Crippen LogP contribution in [0.5, 0.6) is 0 Å². The van der Waals surface area contributed by atoms with E-state index in [0.717, 1.165) is 0 Å². The summed E-state index contributed by atoms with van der Waals surface area (Å²) < 4.78 is 2.63. The molecule has 1 rings (SSSR count). The van der Waals surface area contributed by atoms with Gasteiger partial charge in [0.15, 0.2) is 0 Å². The quantitative estimate of drug-likeness (QED) is 0.731. The average Bonchev–Trinajstić information content (AvgIpc) is 2.21. The van der Waals surface area contributed by atoms with Crippen LogP contribution >= 0.6 is 0 Å². The second-order valence-electron chi connectivity index (χ2n) is 5.96. The van der Waals surface area contributed by atoms with Crippen molar-refractivity contribution in [2.75, 3.05) is 7.05 Å². The summed E-state index contributed by atoms with van der Waals surface area (Å²) in [6.07, 6.45) is 0. The molecule has 1 aromatic rings. The van der Waals surface area contributed by atoms with E-state index in [2.05, 4.69) is 82.1 Å². The highest BCUT2D eigenvalue weighted by atomic mass is 28.4. The Morgan fingerprint density at radius 2 is 1.29 bits per heavy atom. The van der Waals surface area contributed by atoms with E-state index in [1.165, 1.54) is 11.1 Å². The van der Waals surface area contributed by atoms with E-state index in [1.807, 2.05) is 0 Å². The Bertz CT molecular complexity index is 308. The molecule has 0 saturated carbocycles. The lowest BCUT2D eigenvalue weighted by molar-refractivity contribution is 0.784. The van der Waals surface area contributed by atoms with Crippen molar-refractivity contribution in [2.45, 2.75) is 46.6 Å². The fourth-order valence-electron chi connectivity index (χ4n) is 1.44. The maximum atomic E-state index is 2.63. The number of aryl methyl sites for hydroxylation is 2. The van der Waals surface area contributed by atoms with E-state index >= 15 is 0 Å². The Hall–Kier alpha value is -0.386. The Morgan fingerprint density at radius 1 is 0.941 bits per heavy atom. The first-order chi connectivity index (χ1) is 7.66. The van der Waals surface area contributed by atoms with Crippen molar-refractivity contribution >= 4 is 17.2 Å². The number of rotatable bonds is 2. The molecule has 0 saturated heterocycles. The molecule has 0 radical (unpaired) electrons. The monoisotopic (exact) mass is 267 g/mol. The minimum Gasteiger partial charge on any atom is -0.351 e. The zero-order valence-electron chi connectivity index (χ0n) is 12.8. The molecule has 17 heavy (non-hydrogen) atoms. The molecule has 3 heteroatoms. The van der Waals surface area contributed by atoms with Crippen LogP contribution in [0.15, 0.2) is 24.3 Å². The van der Waals surface area contributed by atoms with Crippen molar-refractivity contribution in [2.24, 2.45) is 0 Å². The van der Waals surface area contributed by atoms with Crippen molar-refractivity contribution in [1.29, 1.82) is 0 Å². The van der Waals surface area contributed by atoms with Gasteiger partial charge in [0.1, 0.15) is 8.24 Å². The maximum absolute atomic E-state index is 2.63. The summed E-state index contributed by atoms with van der Waals surface area (Å²) in [6.45, 7) is 16.2. The summed E-state index contributed by atoms with van der Waals surface area (Å²) in [5.74, 6) is 0. The molecule has 0 bridgehead atoms. The molecule has 0 atom stereocenters. The normalized spacial score (nSPS) is 11.4. The van der Waals surface area contributed by atoms with Crippen molar-refractivity contribution in [3.8, 4) is 0 Å². The second kappa shape index (κ2) is 7.14. The fourth-order valence-corrected chi connectivity index (χ4v) is 7.63. The Kier molecular flexibility index (Phi) is 6.98. The number of hydrogen-bond acceptors (Lipinski definition) is 1. The minimum atomic E-state index is -0.929. The molecule has 0 aliphatic carbocycles. The van der Waals surface area contributed by atoms with Gasteiger partial charge in [0, 0.05) is 0 Å². The van der Waals surface area contributed by atoms with Gasteiger partial charge in [0.2, 0.25) is 0 Å². The minimum absolute atomic E-state index is 0.495. The standard InChI is InChI=1S/C8H10.C6H19NSi2/c1-7-5-3-4-6-8(7)2;1-7(8(2)3)9(4,5)6/h3-6H,1-2H3;8H,1-6H3. The zero-order valence-corrected chi connectivity index (χ0v) is 15.0. The van der Waals surface area contributed by atoms with Gasteiger partial charge >= 0.3 is 0 Å². The fraction of sp³-hybridized carbons (Fsp3) is 0.571. The van der Waals surface area contributed by atoms with Gasteiger partial charge in [-0.3, -0.25) is 0 Å². The van der Waals surface area contributed by atoms with Crippen LogP contribution in [0, 0.1) is 13.8 Å². The third kappa shape index (κ3) is 6.81. The number of benzene rings is 1. The van der Waals surface area contributed by atoms with Gasteiger partial charge in [-0.25, -0.2) is 0 Å². The highest BCUT2D eigenvalue weighted by Gasteiger charge is 2.21. The summed E-state index contributed by atoms with van der Waals surface area (Å²) in [5, 5.41) is 0. The Labute approximate surface area is 111 Å². The van der Waals surface area contributed by atoms with Crippen molar-refractivity contribution in [3.05, 3.63) is 35.4 Å². The van der Waals surface area contributed by atoms with Gasteiger partial charge in [0.25, 0.3) is 0 Å². The highest BCUT2D eigenvalue weighted by molar-refractivity contribution is 6.82. The van der Waals surface area contributed by atoms with Gasteiger partial charge in [-0.05, 0) is 32.0 Å². The van der Waals surface area contributed by atoms with Crippen LogP contribution in [0.4, 0.5) is 0 Å². The lowest BCUT2D eigenvalue weighted by Crippen LogP contribution is -2.49. The lowest BCUT2D eigenvalue weighted by Gasteiger charge is -2.33. The molecule has 0 spiro atoms. The average molecular weight is 268 g/mol. The molecule has 0 fully saturated rings. The number of nitrogens with zero attached hydrogens (tertiary/aromatic N) is 1. The molecular formula is C14H29NSi2. The molecule has 0 aromatic heterocycles. The van der Waals surface area contributed by atoms with Gasteiger partial charge in [-0.2, -0.15) is 0 Å². The molecule has 0 aliphatic heterocycles. The van der Waals surface area contributed by atoms with Gasteiger partial charge in [0.05, 0.1) is 8.96 Å². The van der Waals surface area contributed by atoms with Gasteiger partial charge < -0.3 is 4.23 Å². The van der Waals surface area contributed by atoms with Crippen LogP contribution in [0.1, 0.15) is 11.1 Å². The molecule has 0 unspecified atom stereocenters. The third-order valence-corrected chi connectivity index (χ3v) is 10.8. The second-order valence-corrected chi connectivity index (χ2v) is 14.5. The van der Waals surface area contributed by atoms with E-state index in [1.54, 1.807) is 0 Å². The van der Waals surface area contributed by atoms with Crippen LogP contribution < -0.4 is 0 Å². The molecule has 1 aromatic carbocycles. The molecule has 98 valence electrons. The zero-order chi connectivity index (χ0) is 13.6. The maximum Gasteiger partial charge on any atom is 0.111 e. The first-order valence-electron chi connectivity index (χ1n) is 6.41. The third-order valence-electron chi connectivity index (χ3n) is 3.26. The van der Waals surface area contributed by atoms with Crippen LogP contribution in [0.3, 0.4) is 0 Å². The highest BCUT2D eigenvalue weighted by Crippen LogP contribution is 2.07. The van der Waals surface area contributed by atoms with Crippen molar-refractivity contribution < 1.29 is 0 Å². The molecule has 0 amide bonds. The van der Waals surface area contributed by atoms with E-state index in [0.29, 0.717) is 0 Å². The summed E-state index contributed by atoms with van der Waals surface area (Å²) in [7, 11) is 0.858. The largest absolute Gasteiger partial charge is 0.351 e. The van der Waals surface area contributed by atoms with E-state index in [4.69, 9.17) is 0 Å². The smallest absolute Gasteiger partial charge is 0.111 e. The van der Waals surface area contributed by atoms with Crippen LogP contribution in [0.2, 0.25) is 32.7 Å². The summed E-state index contributed by atoms with van der Waals surface area (Å²) in [4.78, 5) is 0. The number of hydrogen-bond donors (Lipinski definition) is 0. The first-order valence-corrected chi connectivity index (χ1v) is 12.7. The molecule has 1 nitrogen and oxygen atoms in total. The summed E-state index contributed by atoms with van der Waals surface area (Å²) in [5.41, 5.74) is 2.74. The summed E-state index contributed by atoms with van der Waals surface area (Å²) >= 11 is 0. The SMILES string of the molecule is CN([SiH](C)C)[Si](C)(C)C.Cc1ccccc1C. The first kappa shape index (κ1) is 16.6. The molecular weight excluding hydrogens is 238 g/mol. The molecule has 0 aliphatic rings. The Morgan fingerprint density at radius 3 is 1.41 bits per heavy atom. The topological polar surface area (TPSA) is 3.24 Å². The predicted octanol–water partition coefficient (Wildman–Crippen LogP) is 4.04. The lowest BCUT2D eigenvalue weighted by atomic mass is 10.1. The van der Waals surface area contributed by atoms with E-state index in [-0.39, 0.29) is 0 Å². The van der Waals surface area contributed by atoms with Crippen molar-refractivity contribution in [1.82, 2.24) is 4.23 Å². The predicted molar refractivity (Wildman–Crippen MR) is 85.9 cm³/mol. The van der Waals surface area contributed by atoms with Crippen LogP contribution in [0.25, 0.3) is 0 Å². The van der Waals surface area contributed by atoms with E-state index < -0.39 is 17.2 Å². The molecule has 0 N–H and O–H groups in total. The van der Waals surface area contributed by atoms with Crippen molar-refractivity contribution in [3.63, 3.8) is 0 Å². The molecule has 0 heterocycles. The van der Waals surface area contributed by atoms with Crippen LogP contribution in [-0.4, -0.2) is 28.5 Å². The van der Waals surface area contributed by atoms with Crippen LogP contribution in [-0.2, 0) is 0 Å². The van der Waals surface area contributed by atoms with E-state index in [9.17, 15) is 0 Å². The summed E-state index contributed by atoms with van der Waals surface area (Å²) in [6, 6.07) is 8.36. The Balaban J connectivity index is 0.000000302. The van der Waals surface area contributed by atoms with Gasteiger partial charge in [-0.15, -0.1) is 0 Å².